The molecule has 3 rings (SSSR count). The molecule has 2 aliphatic rings. The average Bonchev–Trinajstić information content (AvgIpc) is 2.92. The summed E-state index contributed by atoms with van der Waals surface area (Å²) in [6, 6.07) is 9.60. The summed E-state index contributed by atoms with van der Waals surface area (Å²) in [5.74, 6) is -0.110. The number of benzene rings is 1. The van der Waals surface area contributed by atoms with Gasteiger partial charge in [0.1, 0.15) is 12.9 Å². The number of hydrogen-bond donors (Lipinski definition) is 0. The van der Waals surface area contributed by atoms with E-state index in [-0.39, 0.29) is 24.0 Å². The van der Waals surface area contributed by atoms with Crippen molar-refractivity contribution in [2.75, 3.05) is 26.3 Å². The highest BCUT2D eigenvalue weighted by Crippen LogP contribution is 2.43. The van der Waals surface area contributed by atoms with Gasteiger partial charge in [0, 0.05) is 37.6 Å². The van der Waals surface area contributed by atoms with Crippen molar-refractivity contribution in [1.82, 2.24) is 4.90 Å². The van der Waals surface area contributed by atoms with Gasteiger partial charge in [0.2, 0.25) is 0 Å². The topological polar surface area (TPSA) is 55.8 Å². The summed E-state index contributed by atoms with van der Waals surface area (Å²) in [6.07, 6.45) is 2.33. The van der Waals surface area contributed by atoms with Crippen LogP contribution in [0.4, 0.5) is 4.79 Å². The van der Waals surface area contributed by atoms with Crippen LogP contribution < -0.4 is 0 Å². The Morgan fingerprint density at radius 2 is 2.05 bits per heavy atom. The zero-order valence-corrected chi connectivity index (χ0v) is 12.6. The van der Waals surface area contributed by atoms with Crippen molar-refractivity contribution in [3.8, 4) is 0 Å². The largest absolute Gasteiger partial charge is 0.445 e. The Morgan fingerprint density at radius 3 is 2.73 bits per heavy atom. The quantitative estimate of drug-likeness (QED) is 0.804. The summed E-state index contributed by atoms with van der Waals surface area (Å²) in [4.78, 5) is 25.3. The number of aldehydes is 1. The summed E-state index contributed by atoms with van der Waals surface area (Å²) in [6.45, 7) is 2.64. The SMILES string of the molecule is O=CC1CN(C(=O)OCc2ccccc2)CC12CCOCC2. The molecule has 1 aromatic carbocycles. The predicted octanol–water partition coefficient (Wildman–Crippen LogP) is 2.25. The normalized spacial score (nSPS) is 23.5. The molecule has 0 aliphatic carbocycles. The molecule has 5 heteroatoms. The van der Waals surface area contributed by atoms with Crippen molar-refractivity contribution in [2.45, 2.75) is 19.4 Å². The van der Waals surface area contributed by atoms with Crippen LogP contribution in [0.5, 0.6) is 0 Å². The third kappa shape index (κ3) is 2.99. The molecular formula is C17H21NO4. The van der Waals surface area contributed by atoms with Gasteiger partial charge >= 0.3 is 6.09 Å². The fourth-order valence-corrected chi connectivity index (χ4v) is 3.44. The maximum Gasteiger partial charge on any atom is 0.410 e. The minimum Gasteiger partial charge on any atom is -0.445 e. The van der Waals surface area contributed by atoms with E-state index in [1.165, 1.54) is 0 Å². The monoisotopic (exact) mass is 303 g/mol. The second kappa shape index (κ2) is 6.48. The van der Waals surface area contributed by atoms with E-state index in [4.69, 9.17) is 9.47 Å². The summed E-state index contributed by atoms with van der Waals surface area (Å²) < 4.78 is 10.8. The van der Waals surface area contributed by atoms with E-state index in [0.717, 1.165) is 24.7 Å². The van der Waals surface area contributed by atoms with E-state index in [1.54, 1.807) is 4.90 Å². The van der Waals surface area contributed by atoms with Crippen LogP contribution in [0.25, 0.3) is 0 Å². The summed E-state index contributed by atoms with van der Waals surface area (Å²) >= 11 is 0. The van der Waals surface area contributed by atoms with Crippen LogP contribution in [-0.4, -0.2) is 43.6 Å². The van der Waals surface area contributed by atoms with Gasteiger partial charge in [-0.2, -0.15) is 0 Å². The van der Waals surface area contributed by atoms with E-state index >= 15 is 0 Å². The van der Waals surface area contributed by atoms with Gasteiger partial charge in [0.15, 0.2) is 0 Å². The fraction of sp³-hybridized carbons (Fsp3) is 0.529. The highest BCUT2D eigenvalue weighted by Gasteiger charge is 2.48. The lowest BCUT2D eigenvalue weighted by atomic mass is 9.73. The molecule has 1 spiro atoms. The number of amides is 1. The zero-order chi connectivity index (χ0) is 15.4. The average molecular weight is 303 g/mol. The molecule has 22 heavy (non-hydrogen) atoms. The lowest BCUT2D eigenvalue weighted by molar-refractivity contribution is -0.115. The minimum absolute atomic E-state index is 0.110. The maximum absolute atomic E-state index is 12.3. The molecule has 2 heterocycles. The van der Waals surface area contributed by atoms with Crippen LogP contribution >= 0.6 is 0 Å². The zero-order valence-electron chi connectivity index (χ0n) is 12.6. The minimum atomic E-state index is -0.334. The third-order valence-electron chi connectivity index (χ3n) is 4.83. The smallest absolute Gasteiger partial charge is 0.410 e. The molecule has 2 aliphatic heterocycles. The number of nitrogens with zero attached hydrogens (tertiary/aromatic N) is 1. The summed E-state index contributed by atoms with van der Waals surface area (Å²) in [5, 5.41) is 0. The van der Waals surface area contributed by atoms with Gasteiger partial charge in [-0.3, -0.25) is 0 Å². The van der Waals surface area contributed by atoms with Crippen LogP contribution in [-0.2, 0) is 20.9 Å². The molecule has 2 saturated heterocycles. The third-order valence-corrected chi connectivity index (χ3v) is 4.83. The van der Waals surface area contributed by atoms with E-state index in [2.05, 4.69) is 0 Å². The van der Waals surface area contributed by atoms with E-state index in [1.807, 2.05) is 30.3 Å². The van der Waals surface area contributed by atoms with Crippen LogP contribution in [0.2, 0.25) is 0 Å². The van der Waals surface area contributed by atoms with Crippen molar-refractivity contribution in [1.29, 1.82) is 0 Å². The first-order valence-corrected chi connectivity index (χ1v) is 7.72. The molecule has 2 fully saturated rings. The van der Waals surface area contributed by atoms with Crippen molar-refractivity contribution in [3.63, 3.8) is 0 Å². The fourth-order valence-electron chi connectivity index (χ4n) is 3.44. The number of likely N-dealkylation sites (tertiary alicyclic amines) is 1. The summed E-state index contributed by atoms with van der Waals surface area (Å²) in [7, 11) is 0. The Morgan fingerprint density at radius 1 is 1.32 bits per heavy atom. The standard InChI is InChI=1S/C17H21NO4/c19-11-15-10-18(13-17(15)6-8-21-9-7-17)16(20)22-12-14-4-2-1-3-5-14/h1-5,11,15H,6-10,12-13H2. The predicted molar refractivity (Wildman–Crippen MR) is 80.2 cm³/mol. The lowest BCUT2D eigenvalue weighted by Crippen LogP contribution is -2.38. The van der Waals surface area contributed by atoms with Gasteiger partial charge in [-0.05, 0) is 18.4 Å². The van der Waals surface area contributed by atoms with Crippen LogP contribution in [0.15, 0.2) is 30.3 Å². The van der Waals surface area contributed by atoms with Crippen LogP contribution in [0.1, 0.15) is 18.4 Å². The first kappa shape index (κ1) is 15.0. The molecule has 0 saturated carbocycles. The molecule has 1 unspecified atom stereocenters. The Balaban J connectivity index is 1.60. The Labute approximate surface area is 130 Å². The first-order valence-electron chi connectivity index (χ1n) is 7.72. The highest BCUT2D eigenvalue weighted by molar-refractivity contribution is 5.70. The van der Waals surface area contributed by atoms with E-state index < -0.39 is 0 Å². The van der Waals surface area contributed by atoms with E-state index in [9.17, 15) is 9.59 Å². The molecule has 118 valence electrons. The number of ether oxygens (including phenoxy) is 2. The van der Waals surface area contributed by atoms with E-state index in [0.29, 0.717) is 26.3 Å². The molecular weight excluding hydrogens is 282 g/mol. The van der Waals surface area contributed by atoms with Crippen molar-refractivity contribution in [3.05, 3.63) is 35.9 Å². The second-order valence-electron chi connectivity index (χ2n) is 6.14. The van der Waals surface area contributed by atoms with Gasteiger partial charge in [0.05, 0.1) is 0 Å². The first-order chi connectivity index (χ1) is 10.7. The molecule has 0 aromatic heterocycles. The molecule has 1 aromatic rings. The number of carbonyl (C=O) groups is 2. The molecule has 1 amide bonds. The number of carbonyl (C=O) groups excluding carboxylic acids is 2. The van der Waals surface area contributed by atoms with Crippen molar-refractivity contribution < 1.29 is 19.1 Å². The highest BCUT2D eigenvalue weighted by atomic mass is 16.6. The maximum atomic E-state index is 12.3. The second-order valence-corrected chi connectivity index (χ2v) is 6.14. The van der Waals surface area contributed by atoms with Crippen molar-refractivity contribution >= 4 is 12.4 Å². The molecule has 0 bridgehead atoms. The van der Waals surface area contributed by atoms with Crippen molar-refractivity contribution in [2.24, 2.45) is 11.3 Å². The number of rotatable bonds is 3. The number of hydrogen-bond acceptors (Lipinski definition) is 4. The molecule has 1 atom stereocenters. The van der Waals surface area contributed by atoms with Gasteiger partial charge in [-0.15, -0.1) is 0 Å². The lowest BCUT2D eigenvalue weighted by Gasteiger charge is -2.35. The Bertz CT molecular complexity index is 525. The van der Waals surface area contributed by atoms with Crippen LogP contribution in [0, 0.1) is 11.3 Å². The Hall–Kier alpha value is -1.88. The molecule has 0 radical (unpaired) electrons. The van der Waals surface area contributed by atoms with Crippen LogP contribution in [0.3, 0.4) is 0 Å². The van der Waals surface area contributed by atoms with Gasteiger partial charge < -0.3 is 19.2 Å². The van der Waals surface area contributed by atoms with Gasteiger partial charge in [-0.25, -0.2) is 4.79 Å². The van der Waals surface area contributed by atoms with Gasteiger partial charge in [-0.1, -0.05) is 30.3 Å². The Kier molecular flexibility index (Phi) is 4.43. The molecule has 5 nitrogen and oxygen atoms in total. The molecule has 0 N–H and O–H groups in total. The van der Waals surface area contributed by atoms with Gasteiger partial charge in [0.25, 0.3) is 0 Å². The summed E-state index contributed by atoms with van der Waals surface area (Å²) in [5.41, 5.74) is 0.842.